The fourth-order valence-electron chi connectivity index (χ4n) is 6.05. The maximum Gasteiger partial charge on any atom is 0.136 e. The van der Waals surface area contributed by atoms with Crippen LogP contribution in [0.4, 0.5) is 0 Å². The van der Waals surface area contributed by atoms with Gasteiger partial charge in [0.2, 0.25) is 0 Å². The quantitative estimate of drug-likeness (QED) is 0.129. The normalized spacial score (nSPS) is 11.8. The molecule has 7 aromatic rings. The Morgan fingerprint density at radius 3 is 2.21 bits per heavy atom. The summed E-state index contributed by atoms with van der Waals surface area (Å²) >= 11 is 0. The molecule has 42 heavy (non-hydrogen) atoms. The molecule has 1 N–H and O–H groups in total. The lowest BCUT2D eigenvalue weighted by molar-refractivity contribution is 0.308. The molecular formula is C38H34N2O2. The maximum atomic E-state index is 6.28. The highest BCUT2D eigenvalue weighted by atomic mass is 16.5. The van der Waals surface area contributed by atoms with Gasteiger partial charge in [0.1, 0.15) is 11.5 Å². The van der Waals surface area contributed by atoms with Crippen molar-refractivity contribution in [3.8, 4) is 11.5 Å². The van der Waals surface area contributed by atoms with Gasteiger partial charge in [-0.25, -0.2) is 0 Å². The zero-order valence-electron chi connectivity index (χ0n) is 23.6. The van der Waals surface area contributed by atoms with Crippen LogP contribution in [0, 0.1) is 0 Å². The fourth-order valence-corrected chi connectivity index (χ4v) is 6.05. The second-order valence-electron chi connectivity index (χ2n) is 10.8. The summed E-state index contributed by atoms with van der Waals surface area (Å²) in [7, 11) is 0. The van der Waals surface area contributed by atoms with E-state index in [-0.39, 0.29) is 0 Å². The number of nitrogens with one attached hydrogen (secondary N) is 1. The maximum absolute atomic E-state index is 6.28. The molecular weight excluding hydrogens is 516 g/mol. The van der Waals surface area contributed by atoms with E-state index in [0.29, 0.717) is 0 Å². The fraction of sp³-hybridized carbons (Fsp3) is 0.158. The van der Waals surface area contributed by atoms with Crippen LogP contribution >= 0.6 is 0 Å². The van der Waals surface area contributed by atoms with Gasteiger partial charge in [-0.3, -0.25) is 0 Å². The molecule has 0 aliphatic rings. The Balaban J connectivity index is 0.992. The summed E-state index contributed by atoms with van der Waals surface area (Å²) in [4.78, 5) is 3.50. The number of aromatic nitrogens is 2. The highest BCUT2D eigenvalue weighted by Crippen LogP contribution is 2.36. The van der Waals surface area contributed by atoms with Crippen LogP contribution in [0.25, 0.3) is 49.7 Å². The number of rotatable bonds is 11. The first-order valence-electron chi connectivity index (χ1n) is 14.9. The summed E-state index contributed by atoms with van der Waals surface area (Å²) in [6.07, 6.45) is 8.24. The van der Waals surface area contributed by atoms with Crippen molar-refractivity contribution in [1.29, 1.82) is 0 Å². The number of para-hydroxylation sites is 2. The number of nitrogens with zero attached hydrogens (tertiary/aromatic N) is 1. The molecule has 0 saturated heterocycles. The monoisotopic (exact) mass is 550 g/mol. The number of aryl methyl sites for hydroxylation is 1. The smallest absolute Gasteiger partial charge is 0.136 e. The average molecular weight is 551 g/mol. The Morgan fingerprint density at radius 2 is 1.29 bits per heavy atom. The number of fused-ring (bicyclic) bond motifs is 6. The van der Waals surface area contributed by atoms with Crippen molar-refractivity contribution in [3.63, 3.8) is 0 Å². The van der Waals surface area contributed by atoms with Crippen molar-refractivity contribution >= 4 is 49.7 Å². The molecule has 0 bridgehead atoms. The van der Waals surface area contributed by atoms with E-state index in [1.54, 1.807) is 6.26 Å². The SMILES string of the molecule is C(=Cc1ccccc1)Oc1cccc2c1c1ccccc1n2CCCCCCOc1cccc2[nH]c3ccccc3c12. The lowest BCUT2D eigenvalue weighted by atomic mass is 10.1. The Hall–Kier alpha value is -4.96. The van der Waals surface area contributed by atoms with Gasteiger partial charge in [0.15, 0.2) is 0 Å². The van der Waals surface area contributed by atoms with E-state index in [1.165, 1.54) is 32.6 Å². The topological polar surface area (TPSA) is 39.2 Å². The molecule has 0 saturated carbocycles. The molecule has 0 atom stereocenters. The predicted octanol–water partition coefficient (Wildman–Crippen LogP) is 10.1. The van der Waals surface area contributed by atoms with Crippen LogP contribution in [-0.4, -0.2) is 16.2 Å². The van der Waals surface area contributed by atoms with Crippen LogP contribution in [0.1, 0.15) is 31.2 Å². The number of benzene rings is 5. The Morgan fingerprint density at radius 1 is 0.571 bits per heavy atom. The van der Waals surface area contributed by atoms with Gasteiger partial charge in [0.05, 0.1) is 29.3 Å². The molecule has 208 valence electrons. The second-order valence-corrected chi connectivity index (χ2v) is 10.8. The molecule has 0 radical (unpaired) electrons. The van der Waals surface area contributed by atoms with Crippen LogP contribution in [0.3, 0.4) is 0 Å². The number of H-pyrrole nitrogens is 1. The van der Waals surface area contributed by atoms with Gasteiger partial charge in [-0.15, -0.1) is 0 Å². The average Bonchev–Trinajstić information content (AvgIpc) is 3.58. The van der Waals surface area contributed by atoms with E-state index in [4.69, 9.17) is 9.47 Å². The molecule has 0 unspecified atom stereocenters. The first-order valence-corrected chi connectivity index (χ1v) is 14.9. The Labute approximate surface area is 245 Å². The summed E-state index contributed by atoms with van der Waals surface area (Å²) in [6.45, 7) is 1.70. The lowest BCUT2D eigenvalue weighted by Crippen LogP contribution is -2.00. The van der Waals surface area contributed by atoms with Crippen LogP contribution in [0.2, 0.25) is 0 Å². The van der Waals surface area contributed by atoms with Crippen molar-refractivity contribution in [3.05, 3.63) is 127 Å². The van der Waals surface area contributed by atoms with Crippen molar-refractivity contribution in [1.82, 2.24) is 9.55 Å². The molecule has 2 aromatic heterocycles. The number of ether oxygens (including phenoxy) is 2. The third-order valence-corrected chi connectivity index (χ3v) is 8.04. The molecule has 4 nitrogen and oxygen atoms in total. The summed E-state index contributed by atoms with van der Waals surface area (Å²) < 4.78 is 14.9. The van der Waals surface area contributed by atoms with Gasteiger partial charge in [0.25, 0.3) is 0 Å². The zero-order chi connectivity index (χ0) is 28.1. The van der Waals surface area contributed by atoms with Gasteiger partial charge < -0.3 is 19.0 Å². The van der Waals surface area contributed by atoms with Gasteiger partial charge in [-0.05, 0) is 60.9 Å². The third kappa shape index (κ3) is 5.12. The molecule has 0 spiro atoms. The van der Waals surface area contributed by atoms with Gasteiger partial charge >= 0.3 is 0 Å². The third-order valence-electron chi connectivity index (χ3n) is 8.04. The standard InChI is InChI=1S/C38H34N2O2/c1(2-11-26-41-35-22-12-19-32-37(35)29-16-6-8-18-31(29)39-32)10-25-40-33-20-9-7-17-30(33)38-34(40)21-13-23-36(38)42-27-24-28-14-4-3-5-15-28/h3-9,12-24,27,39H,1-2,10-11,25-26H2. The first-order chi connectivity index (χ1) is 20.9. The van der Waals surface area contributed by atoms with Gasteiger partial charge in [0, 0.05) is 33.7 Å². The van der Waals surface area contributed by atoms with Crippen molar-refractivity contribution < 1.29 is 9.47 Å². The summed E-state index contributed by atoms with van der Waals surface area (Å²) in [5.74, 6) is 1.85. The summed E-state index contributed by atoms with van der Waals surface area (Å²) in [5, 5.41) is 4.80. The van der Waals surface area contributed by atoms with E-state index in [2.05, 4.69) is 107 Å². The first kappa shape index (κ1) is 26.0. The molecule has 0 fully saturated rings. The van der Waals surface area contributed by atoms with E-state index in [9.17, 15) is 0 Å². The van der Waals surface area contributed by atoms with Crippen molar-refractivity contribution in [2.45, 2.75) is 32.2 Å². The van der Waals surface area contributed by atoms with Crippen molar-refractivity contribution in [2.24, 2.45) is 0 Å². The molecule has 0 aliphatic carbocycles. The van der Waals surface area contributed by atoms with E-state index < -0.39 is 0 Å². The van der Waals surface area contributed by atoms with Crippen molar-refractivity contribution in [2.75, 3.05) is 6.61 Å². The Bertz CT molecular complexity index is 2000. The number of unbranched alkanes of at least 4 members (excludes halogenated alkanes) is 3. The van der Waals surface area contributed by atoms with Crippen LogP contribution in [0.5, 0.6) is 11.5 Å². The zero-order valence-corrected chi connectivity index (χ0v) is 23.6. The highest BCUT2D eigenvalue weighted by Gasteiger charge is 2.14. The minimum absolute atomic E-state index is 0.727. The minimum atomic E-state index is 0.727. The molecule has 7 rings (SSSR count). The number of hydrogen-bond acceptors (Lipinski definition) is 2. The minimum Gasteiger partial charge on any atom is -0.493 e. The summed E-state index contributed by atoms with van der Waals surface area (Å²) in [6, 6.07) is 39.9. The van der Waals surface area contributed by atoms with E-state index >= 15 is 0 Å². The van der Waals surface area contributed by atoms with E-state index in [1.807, 2.05) is 24.3 Å². The molecule has 0 aliphatic heterocycles. The van der Waals surface area contributed by atoms with Crippen LogP contribution in [0.15, 0.2) is 122 Å². The van der Waals surface area contributed by atoms with Crippen LogP contribution in [-0.2, 0) is 6.54 Å². The Kier molecular flexibility index (Phi) is 7.34. The van der Waals surface area contributed by atoms with Gasteiger partial charge in [-0.2, -0.15) is 0 Å². The molecule has 5 aromatic carbocycles. The second kappa shape index (κ2) is 11.9. The van der Waals surface area contributed by atoms with E-state index in [0.717, 1.165) is 66.9 Å². The molecule has 0 amide bonds. The molecule has 2 heterocycles. The lowest BCUT2D eigenvalue weighted by Gasteiger charge is -2.10. The number of aromatic amines is 1. The van der Waals surface area contributed by atoms with Gasteiger partial charge in [-0.1, -0.05) is 91.7 Å². The highest BCUT2D eigenvalue weighted by molar-refractivity contribution is 6.11. The predicted molar refractivity (Wildman–Crippen MR) is 175 cm³/mol. The number of hydrogen-bond donors (Lipinski definition) is 1. The largest absolute Gasteiger partial charge is 0.493 e. The molecule has 4 heteroatoms. The van der Waals surface area contributed by atoms with Crippen LogP contribution < -0.4 is 9.47 Å². The summed E-state index contributed by atoms with van der Waals surface area (Å²) in [5.41, 5.74) is 5.87.